The molecule has 20 heavy (non-hydrogen) atoms. The molecule has 1 aliphatic carbocycles. The third-order valence-electron chi connectivity index (χ3n) is 4.76. The lowest BCUT2D eigenvalue weighted by Gasteiger charge is -2.41. The van der Waals surface area contributed by atoms with E-state index in [2.05, 4.69) is 26.1 Å². The molecule has 0 bridgehead atoms. The van der Waals surface area contributed by atoms with Crippen LogP contribution < -0.4 is 5.32 Å². The highest BCUT2D eigenvalue weighted by Crippen LogP contribution is 2.30. The summed E-state index contributed by atoms with van der Waals surface area (Å²) in [5.41, 5.74) is 0. The molecule has 0 spiro atoms. The van der Waals surface area contributed by atoms with Crippen LogP contribution in [0.1, 0.15) is 59.3 Å². The molecule has 2 atom stereocenters. The van der Waals surface area contributed by atoms with E-state index in [1.807, 2.05) is 4.90 Å². The normalized spacial score (nSPS) is 26.8. The Morgan fingerprint density at radius 2 is 1.80 bits per heavy atom. The van der Waals surface area contributed by atoms with Gasteiger partial charge in [0.1, 0.15) is 6.04 Å². The largest absolute Gasteiger partial charge is 0.343 e. The summed E-state index contributed by atoms with van der Waals surface area (Å²) in [6.45, 7) is 6.54. The topological polar surface area (TPSA) is 49.4 Å². The van der Waals surface area contributed by atoms with Gasteiger partial charge in [-0.25, -0.2) is 0 Å². The van der Waals surface area contributed by atoms with E-state index in [4.69, 9.17) is 0 Å². The maximum absolute atomic E-state index is 12.6. The van der Waals surface area contributed by atoms with Gasteiger partial charge in [-0.1, -0.05) is 33.1 Å². The summed E-state index contributed by atoms with van der Waals surface area (Å²) < 4.78 is 0. The lowest BCUT2D eigenvalue weighted by molar-refractivity contribution is -0.148. The Kier molecular flexibility index (Phi) is 5.06. The van der Waals surface area contributed by atoms with E-state index in [-0.39, 0.29) is 30.4 Å². The first kappa shape index (κ1) is 15.3. The van der Waals surface area contributed by atoms with Gasteiger partial charge < -0.3 is 10.2 Å². The molecule has 1 saturated carbocycles. The third kappa shape index (κ3) is 3.53. The minimum Gasteiger partial charge on any atom is -0.343 e. The molecule has 2 amide bonds. The number of piperazine rings is 1. The zero-order valence-electron chi connectivity index (χ0n) is 13.0. The minimum absolute atomic E-state index is 0.00194. The minimum atomic E-state index is -0.317. The van der Waals surface area contributed by atoms with Gasteiger partial charge in [-0.3, -0.25) is 9.59 Å². The monoisotopic (exact) mass is 280 g/mol. The smallest absolute Gasteiger partial charge is 0.245 e. The van der Waals surface area contributed by atoms with Gasteiger partial charge in [-0.15, -0.1) is 0 Å². The predicted octanol–water partition coefficient (Wildman–Crippen LogP) is 2.33. The Morgan fingerprint density at radius 1 is 1.15 bits per heavy atom. The van der Waals surface area contributed by atoms with Crippen LogP contribution in [0.3, 0.4) is 0 Å². The Labute approximate surface area is 122 Å². The Morgan fingerprint density at radius 3 is 2.40 bits per heavy atom. The number of hydrogen-bond donors (Lipinski definition) is 1. The molecule has 0 radical (unpaired) electrons. The van der Waals surface area contributed by atoms with Gasteiger partial charge in [0.2, 0.25) is 11.8 Å². The van der Waals surface area contributed by atoms with Crippen molar-refractivity contribution in [1.29, 1.82) is 0 Å². The summed E-state index contributed by atoms with van der Waals surface area (Å²) in [5.74, 6) is 1.10. The van der Waals surface area contributed by atoms with Crippen LogP contribution in [-0.2, 0) is 9.59 Å². The van der Waals surface area contributed by atoms with Crippen molar-refractivity contribution in [2.75, 3.05) is 6.54 Å². The fraction of sp³-hybridized carbons (Fsp3) is 0.875. The third-order valence-corrected chi connectivity index (χ3v) is 4.76. The molecule has 2 aliphatic rings. The molecule has 114 valence electrons. The SMILES string of the molecule is CC(C)CC1NC(=O)CN(C(C)C2CCCCC2)C1=O. The highest BCUT2D eigenvalue weighted by molar-refractivity contribution is 5.95. The molecule has 0 aromatic rings. The Balaban J connectivity index is 2.04. The van der Waals surface area contributed by atoms with E-state index in [1.54, 1.807) is 0 Å². The van der Waals surface area contributed by atoms with Crippen LogP contribution in [0.25, 0.3) is 0 Å². The van der Waals surface area contributed by atoms with Crippen LogP contribution >= 0.6 is 0 Å². The second kappa shape index (κ2) is 6.59. The highest BCUT2D eigenvalue weighted by Gasteiger charge is 2.37. The van der Waals surface area contributed by atoms with Crippen molar-refractivity contribution in [3.05, 3.63) is 0 Å². The molecule has 2 rings (SSSR count). The maximum Gasteiger partial charge on any atom is 0.245 e. The van der Waals surface area contributed by atoms with Crippen molar-refractivity contribution in [3.63, 3.8) is 0 Å². The molecule has 2 fully saturated rings. The molecule has 1 saturated heterocycles. The van der Waals surface area contributed by atoms with Gasteiger partial charge in [0, 0.05) is 6.04 Å². The number of amides is 2. The van der Waals surface area contributed by atoms with E-state index in [1.165, 1.54) is 32.1 Å². The van der Waals surface area contributed by atoms with E-state index in [0.717, 1.165) is 6.42 Å². The van der Waals surface area contributed by atoms with Crippen molar-refractivity contribution < 1.29 is 9.59 Å². The highest BCUT2D eigenvalue weighted by atomic mass is 16.2. The first-order chi connectivity index (χ1) is 9.49. The van der Waals surface area contributed by atoms with Gasteiger partial charge in [-0.05, 0) is 38.0 Å². The molecule has 1 heterocycles. The van der Waals surface area contributed by atoms with Crippen molar-refractivity contribution in [2.45, 2.75) is 71.4 Å². The zero-order chi connectivity index (χ0) is 14.7. The first-order valence-electron chi connectivity index (χ1n) is 8.09. The number of carbonyl (C=O) groups is 2. The summed E-state index contributed by atoms with van der Waals surface area (Å²) in [7, 11) is 0. The summed E-state index contributed by atoms with van der Waals surface area (Å²) in [5, 5.41) is 2.86. The van der Waals surface area contributed by atoms with Crippen molar-refractivity contribution >= 4 is 11.8 Å². The molecule has 2 unspecified atom stereocenters. The number of nitrogens with one attached hydrogen (secondary N) is 1. The number of rotatable bonds is 4. The average Bonchev–Trinajstić information content (AvgIpc) is 2.42. The molecule has 4 heteroatoms. The molecular weight excluding hydrogens is 252 g/mol. The second-order valence-corrected chi connectivity index (χ2v) is 6.85. The average molecular weight is 280 g/mol. The zero-order valence-corrected chi connectivity index (χ0v) is 13.0. The van der Waals surface area contributed by atoms with Gasteiger partial charge in [-0.2, -0.15) is 0 Å². The van der Waals surface area contributed by atoms with Crippen molar-refractivity contribution in [1.82, 2.24) is 10.2 Å². The first-order valence-corrected chi connectivity index (χ1v) is 8.09. The van der Waals surface area contributed by atoms with Crippen LogP contribution in [0.2, 0.25) is 0 Å². The number of nitrogens with zero attached hydrogens (tertiary/aromatic N) is 1. The van der Waals surface area contributed by atoms with Crippen molar-refractivity contribution in [2.24, 2.45) is 11.8 Å². The van der Waals surface area contributed by atoms with Crippen LogP contribution in [0.5, 0.6) is 0 Å². The Hall–Kier alpha value is -1.06. The van der Waals surface area contributed by atoms with E-state index >= 15 is 0 Å². The fourth-order valence-corrected chi connectivity index (χ4v) is 3.58. The van der Waals surface area contributed by atoms with Gasteiger partial charge >= 0.3 is 0 Å². The fourth-order valence-electron chi connectivity index (χ4n) is 3.58. The summed E-state index contributed by atoms with van der Waals surface area (Å²) in [6.07, 6.45) is 6.96. The molecule has 0 aromatic carbocycles. The maximum atomic E-state index is 12.6. The van der Waals surface area contributed by atoms with E-state index in [9.17, 15) is 9.59 Å². The van der Waals surface area contributed by atoms with Crippen molar-refractivity contribution in [3.8, 4) is 0 Å². The summed E-state index contributed by atoms with van der Waals surface area (Å²) in [6, 6.07) is -0.120. The number of hydrogen-bond acceptors (Lipinski definition) is 2. The lowest BCUT2D eigenvalue weighted by Crippen LogP contribution is -2.61. The summed E-state index contributed by atoms with van der Waals surface area (Å²) >= 11 is 0. The van der Waals surface area contributed by atoms with E-state index in [0.29, 0.717) is 11.8 Å². The Bertz CT molecular complexity index is 361. The lowest BCUT2D eigenvalue weighted by atomic mass is 9.83. The van der Waals surface area contributed by atoms with Gasteiger partial charge in [0.15, 0.2) is 0 Å². The molecule has 1 N–H and O–H groups in total. The van der Waals surface area contributed by atoms with Gasteiger partial charge in [0.25, 0.3) is 0 Å². The molecule has 4 nitrogen and oxygen atoms in total. The molecule has 1 aliphatic heterocycles. The quantitative estimate of drug-likeness (QED) is 0.859. The van der Waals surface area contributed by atoms with Crippen LogP contribution in [0, 0.1) is 11.8 Å². The number of carbonyl (C=O) groups excluding carboxylic acids is 2. The second-order valence-electron chi connectivity index (χ2n) is 6.85. The standard InChI is InChI=1S/C16H28N2O2/c1-11(2)9-14-16(20)18(10-15(19)17-14)12(3)13-7-5-4-6-8-13/h11-14H,4-10H2,1-3H3,(H,17,19). The summed E-state index contributed by atoms with van der Waals surface area (Å²) in [4.78, 5) is 26.3. The predicted molar refractivity (Wildman–Crippen MR) is 79.1 cm³/mol. The van der Waals surface area contributed by atoms with Crippen LogP contribution in [0.15, 0.2) is 0 Å². The van der Waals surface area contributed by atoms with Crippen LogP contribution in [-0.4, -0.2) is 35.3 Å². The van der Waals surface area contributed by atoms with Crippen LogP contribution in [0.4, 0.5) is 0 Å². The van der Waals surface area contributed by atoms with Gasteiger partial charge in [0.05, 0.1) is 6.54 Å². The van der Waals surface area contributed by atoms with E-state index < -0.39 is 0 Å². The molecule has 0 aromatic heterocycles. The molecular formula is C16H28N2O2.